The molecular weight excluding hydrogens is 596 g/mol. The number of hydrogen-bond acceptors (Lipinski definition) is 10. The molecule has 1 atom stereocenters. The standard InChI is InChI=1S/C34H50N2O10/c1-33(2,3)44-31(41)24-15-17-25(18-16-24)43-23-13-11-9-7-8-10-12-14-27(37)35-26(32(42)45-34(4,5)6)19-22-30(40)46-36-28(38)20-21-29(36)39/h15-18,20-21,26,38-39H,7-14,19,22-23H2,1-6H3,(H,35,37). The van der Waals surface area contributed by atoms with E-state index in [0.29, 0.717) is 29.1 Å². The second-order valence-corrected chi connectivity index (χ2v) is 13.1. The molecule has 0 aliphatic heterocycles. The van der Waals surface area contributed by atoms with E-state index in [-0.39, 0.29) is 31.1 Å². The van der Waals surface area contributed by atoms with Crippen molar-refractivity contribution < 1.29 is 48.4 Å². The van der Waals surface area contributed by atoms with E-state index in [4.69, 9.17) is 19.0 Å². The minimum atomic E-state index is -1.06. The van der Waals surface area contributed by atoms with Crippen LogP contribution in [-0.2, 0) is 23.9 Å². The number of benzene rings is 1. The summed E-state index contributed by atoms with van der Waals surface area (Å²) in [5.41, 5.74) is -0.845. The Balaban J connectivity index is 1.63. The Kier molecular flexibility index (Phi) is 14.9. The number of rotatable bonds is 18. The van der Waals surface area contributed by atoms with Gasteiger partial charge in [-0.2, -0.15) is 0 Å². The molecule has 256 valence electrons. The van der Waals surface area contributed by atoms with Crippen LogP contribution in [0.2, 0.25) is 0 Å². The van der Waals surface area contributed by atoms with E-state index in [1.165, 1.54) is 0 Å². The lowest BCUT2D eigenvalue weighted by Crippen LogP contribution is -2.44. The van der Waals surface area contributed by atoms with Gasteiger partial charge in [-0.05, 0) is 85.1 Å². The monoisotopic (exact) mass is 646 g/mol. The molecule has 1 aromatic heterocycles. The van der Waals surface area contributed by atoms with Gasteiger partial charge in [0.05, 0.1) is 18.6 Å². The summed E-state index contributed by atoms with van der Waals surface area (Å²) in [5, 5.41) is 21.9. The zero-order chi connectivity index (χ0) is 34.3. The Morgan fingerprint density at radius 1 is 0.739 bits per heavy atom. The van der Waals surface area contributed by atoms with Crippen molar-refractivity contribution in [3.63, 3.8) is 0 Å². The second-order valence-electron chi connectivity index (χ2n) is 13.1. The maximum absolute atomic E-state index is 12.7. The number of amides is 1. The number of carbonyl (C=O) groups is 4. The maximum atomic E-state index is 12.7. The number of aromatic nitrogens is 1. The number of nitrogens with one attached hydrogen (secondary N) is 1. The van der Waals surface area contributed by atoms with Crippen molar-refractivity contribution in [3.8, 4) is 17.5 Å². The minimum absolute atomic E-state index is 0.0800. The van der Waals surface area contributed by atoms with Crippen LogP contribution in [0, 0.1) is 0 Å². The quantitative estimate of drug-likeness (QED) is 0.137. The van der Waals surface area contributed by atoms with E-state index in [1.54, 1.807) is 45.0 Å². The molecule has 0 bridgehead atoms. The maximum Gasteiger partial charge on any atom is 0.338 e. The first-order valence-corrected chi connectivity index (χ1v) is 15.8. The van der Waals surface area contributed by atoms with E-state index in [9.17, 15) is 29.4 Å². The first-order valence-electron chi connectivity index (χ1n) is 15.8. The Morgan fingerprint density at radius 2 is 1.28 bits per heavy atom. The zero-order valence-corrected chi connectivity index (χ0v) is 27.9. The molecule has 0 saturated heterocycles. The van der Waals surface area contributed by atoms with E-state index in [0.717, 1.165) is 50.7 Å². The number of esters is 2. The highest BCUT2D eigenvalue weighted by Crippen LogP contribution is 2.20. The van der Waals surface area contributed by atoms with Gasteiger partial charge < -0.3 is 34.6 Å². The van der Waals surface area contributed by atoms with E-state index >= 15 is 0 Å². The number of hydrogen-bond donors (Lipinski definition) is 3. The molecule has 0 radical (unpaired) electrons. The van der Waals surface area contributed by atoms with Crippen molar-refractivity contribution in [2.24, 2.45) is 0 Å². The molecule has 3 N–H and O–H groups in total. The van der Waals surface area contributed by atoms with Crippen LogP contribution in [0.25, 0.3) is 0 Å². The van der Waals surface area contributed by atoms with Gasteiger partial charge in [-0.3, -0.25) is 4.79 Å². The highest BCUT2D eigenvalue weighted by molar-refractivity contribution is 5.89. The van der Waals surface area contributed by atoms with Crippen LogP contribution in [0.1, 0.15) is 116 Å². The molecule has 0 fully saturated rings. The average molecular weight is 647 g/mol. The van der Waals surface area contributed by atoms with Gasteiger partial charge in [0.15, 0.2) is 0 Å². The van der Waals surface area contributed by atoms with Gasteiger partial charge in [0.1, 0.15) is 23.0 Å². The predicted octanol–water partition coefficient (Wildman–Crippen LogP) is 5.62. The lowest BCUT2D eigenvalue weighted by atomic mass is 10.1. The van der Waals surface area contributed by atoms with Gasteiger partial charge in [0.2, 0.25) is 17.7 Å². The zero-order valence-electron chi connectivity index (χ0n) is 27.9. The van der Waals surface area contributed by atoms with Crippen LogP contribution in [0.4, 0.5) is 0 Å². The lowest BCUT2D eigenvalue weighted by Gasteiger charge is -2.24. The summed E-state index contributed by atoms with van der Waals surface area (Å²) in [6, 6.07) is 8.18. The molecule has 0 aliphatic carbocycles. The van der Waals surface area contributed by atoms with Gasteiger partial charge in [-0.15, -0.1) is 4.73 Å². The third-order valence-corrected chi connectivity index (χ3v) is 6.46. The predicted molar refractivity (Wildman–Crippen MR) is 170 cm³/mol. The number of unbranched alkanes of at least 4 members (excludes halogenated alkanes) is 6. The van der Waals surface area contributed by atoms with Crippen molar-refractivity contribution >= 4 is 23.8 Å². The van der Waals surface area contributed by atoms with Crippen molar-refractivity contribution in [1.82, 2.24) is 10.0 Å². The number of ether oxygens (including phenoxy) is 3. The highest BCUT2D eigenvalue weighted by Gasteiger charge is 2.28. The summed E-state index contributed by atoms with van der Waals surface area (Å²) in [4.78, 5) is 54.6. The first-order chi connectivity index (χ1) is 21.5. The molecule has 2 rings (SSSR count). The number of aromatic hydroxyl groups is 2. The molecule has 1 unspecified atom stereocenters. The lowest BCUT2D eigenvalue weighted by molar-refractivity contribution is -0.159. The summed E-state index contributed by atoms with van der Waals surface area (Å²) in [6.07, 6.45) is 6.37. The van der Waals surface area contributed by atoms with E-state index < -0.39 is 40.9 Å². The van der Waals surface area contributed by atoms with Crippen molar-refractivity contribution in [2.45, 2.75) is 123 Å². The molecule has 12 nitrogen and oxygen atoms in total. The molecule has 0 saturated carbocycles. The van der Waals surface area contributed by atoms with Gasteiger partial charge in [-0.25, -0.2) is 14.4 Å². The molecular formula is C34H50N2O10. The van der Waals surface area contributed by atoms with Crippen LogP contribution in [0.5, 0.6) is 17.5 Å². The van der Waals surface area contributed by atoms with Gasteiger partial charge in [-0.1, -0.05) is 32.1 Å². The smallest absolute Gasteiger partial charge is 0.338 e. The fraction of sp³-hybridized carbons (Fsp3) is 0.588. The van der Waals surface area contributed by atoms with Crippen LogP contribution in [0.15, 0.2) is 36.4 Å². The Hall–Kier alpha value is -4.22. The number of nitrogens with zero attached hydrogens (tertiary/aromatic N) is 1. The average Bonchev–Trinajstić information content (AvgIpc) is 3.26. The molecule has 12 heteroatoms. The highest BCUT2D eigenvalue weighted by atomic mass is 16.7. The van der Waals surface area contributed by atoms with Gasteiger partial charge >= 0.3 is 17.9 Å². The normalized spacial score (nSPS) is 12.2. The summed E-state index contributed by atoms with van der Waals surface area (Å²) in [7, 11) is 0. The minimum Gasteiger partial charge on any atom is -0.494 e. The van der Waals surface area contributed by atoms with Crippen LogP contribution >= 0.6 is 0 Å². The fourth-order valence-corrected chi connectivity index (χ4v) is 4.28. The van der Waals surface area contributed by atoms with Gasteiger partial charge in [0.25, 0.3) is 0 Å². The fourth-order valence-electron chi connectivity index (χ4n) is 4.28. The van der Waals surface area contributed by atoms with E-state index in [2.05, 4.69) is 5.32 Å². The van der Waals surface area contributed by atoms with Crippen LogP contribution < -0.4 is 14.9 Å². The van der Waals surface area contributed by atoms with Crippen molar-refractivity contribution in [3.05, 3.63) is 42.0 Å². The summed E-state index contributed by atoms with van der Waals surface area (Å²) in [6.45, 7) is 11.2. The van der Waals surface area contributed by atoms with Crippen LogP contribution in [-0.4, -0.2) is 62.6 Å². The van der Waals surface area contributed by atoms with Crippen LogP contribution in [0.3, 0.4) is 0 Å². The Morgan fingerprint density at radius 3 is 1.85 bits per heavy atom. The Labute approximate surface area is 271 Å². The summed E-state index contributed by atoms with van der Waals surface area (Å²) >= 11 is 0. The second kappa shape index (κ2) is 18.1. The van der Waals surface area contributed by atoms with E-state index in [1.807, 2.05) is 20.8 Å². The van der Waals surface area contributed by atoms with Crippen molar-refractivity contribution in [2.75, 3.05) is 6.61 Å². The van der Waals surface area contributed by atoms with Crippen molar-refractivity contribution in [1.29, 1.82) is 0 Å². The summed E-state index contributed by atoms with van der Waals surface area (Å²) < 4.78 is 17.1. The topological polar surface area (TPSA) is 163 Å². The molecule has 1 heterocycles. The SMILES string of the molecule is CC(C)(C)OC(=O)c1ccc(OCCCCCCCCCC(=O)NC(CCC(=O)On2c(O)ccc2O)C(=O)OC(C)(C)C)cc1. The molecule has 46 heavy (non-hydrogen) atoms. The largest absolute Gasteiger partial charge is 0.494 e. The molecule has 2 aromatic rings. The molecule has 0 aliphatic rings. The molecule has 1 amide bonds. The first kappa shape index (κ1) is 38.0. The third kappa shape index (κ3) is 15.2. The third-order valence-electron chi connectivity index (χ3n) is 6.46. The summed E-state index contributed by atoms with van der Waals surface area (Å²) in [5.74, 6) is -2.38. The Bertz CT molecular complexity index is 1250. The molecule has 1 aromatic carbocycles. The van der Waals surface area contributed by atoms with Gasteiger partial charge in [0, 0.05) is 18.6 Å². The molecule has 0 spiro atoms. The number of carbonyl (C=O) groups excluding carboxylic acids is 4.